The minimum absolute atomic E-state index is 0.143. The van der Waals surface area contributed by atoms with Crippen LogP contribution < -0.4 is 5.32 Å². The van der Waals surface area contributed by atoms with Gasteiger partial charge in [0, 0.05) is 10.7 Å². The number of nitrogens with one attached hydrogen (secondary N) is 1. The van der Waals surface area contributed by atoms with Crippen molar-refractivity contribution in [3.63, 3.8) is 0 Å². The fourth-order valence-electron chi connectivity index (χ4n) is 1.98. The smallest absolute Gasteiger partial charge is 0.310 e. The molecule has 0 bridgehead atoms. The molecule has 2 aromatic carbocycles. The molecule has 0 saturated heterocycles. The van der Waals surface area contributed by atoms with E-state index in [0.29, 0.717) is 10.7 Å². The summed E-state index contributed by atoms with van der Waals surface area (Å²) in [5.41, 5.74) is 3.47. The van der Waals surface area contributed by atoms with Gasteiger partial charge in [-0.3, -0.25) is 9.59 Å². The summed E-state index contributed by atoms with van der Waals surface area (Å²) in [6.45, 7) is 3.51. The molecule has 2 rings (SSSR count). The molecule has 23 heavy (non-hydrogen) atoms. The molecule has 0 unspecified atom stereocenters. The second kappa shape index (κ2) is 7.79. The number of carbonyl (C=O) groups is 2. The number of hydrogen-bond donors (Lipinski definition) is 1. The molecule has 0 saturated carbocycles. The van der Waals surface area contributed by atoms with Crippen LogP contribution in [0.3, 0.4) is 0 Å². The third-order valence-electron chi connectivity index (χ3n) is 3.31. The highest BCUT2D eigenvalue weighted by atomic mass is 35.5. The van der Waals surface area contributed by atoms with Crippen LogP contribution in [-0.4, -0.2) is 18.5 Å². The van der Waals surface area contributed by atoms with Gasteiger partial charge in [-0.25, -0.2) is 0 Å². The lowest BCUT2D eigenvalue weighted by atomic mass is 10.1. The maximum Gasteiger partial charge on any atom is 0.310 e. The van der Waals surface area contributed by atoms with E-state index in [0.717, 1.165) is 16.7 Å². The fourth-order valence-corrected chi connectivity index (χ4v) is 2.16. The first-order valence-electron chi connectivity index (χ1n) is 7.21. The van der Waals surface area contributed by atoms with E-state index >= 15 is 0 Å². The first-order valence-corrected chi connectivity index (χ1v) is 7.59. The highest BCUT2D eigenvalue weighted by Crippen LogP contribution is 2.20. The minimum atomic E-state index is -0.438. The zero-order valence-electron chi connectivity index (χ0n) is 13.1. The molecule has 0 spiro atoms. The van der Waals surface area contributed by atoms with Gasteiger partial charge in [0.05, 0.1) is 6.42 Å². The molecule has 120 valence electrons. The molecule has 1 N–H and O–H groups in total. The molecule has 0 aliphatic heterocycles. The van der Waals surface area contributed by atoms with Crippen molar-refractivity contribution in [1.82, 2.24) is 0 Å². The number of benzene rings is 2. The van der Waals surface area contributed by atoms with Crippen molar-refractivity contribution in [2.24, 2.45) is 0 Å². The first kappa shape index (κ1) is 17.0. The number of halogens is 1. The number of aryl methyl sites for hydroxylation is 2. The average molecular weight is 332 g/mol. The van der Waals surface area contributed by atoms with Gasteiger partial charge in [0.1, 0.15) is 0 Å². The van der Waals surface area contributed by atoms with E-state index in [1.807, 2.05) is 38.1 Å². The lowest BCUT2D eigenvalue weighted by Gasteiger charge is -2.09. The Bertz CT molecular complexity index is 711. The van der Waals surface area contributed by atoms with E-state index in [9.17, 15) is 9.59 Å². The first-order chi connectivity index (χ1) is 10.9. The number of rotatable bonds is 5. The van der Waals surface area contributed by atoms with E-state index in [1.165, 1.54) is 0 Å². The monoisotopic (exact) mass is 331 g/mol. The van der Waals surface area contributed by atoms with Crippen LogP contribution in [0.15, 0.2) is 42.5 Å². The van der Waals surface area contributed by atoms with E-state index in [4.69, 9.17) is 16.3 Å². The van der Waals surface area contributed by atoms with Gasteiger partial charge in [0.25, 0.3) is 5.91 Å². The number of ether oxygens (including phenoxy) is 1. The van der Waals surface area contributed by atoms with Gasteiger partial charge >= 0.3 is 5.97 Å². The zero-order valence-corrected chi connectivity index (χ0v) is 13.8. The summed E-state index contributed by atoms with van der Waals surface area (Å²) in [4.78, 5) is 23.6. The maximum atomic E-state index is 11.8. The van der Waals surface area contributed by atoms with Crippen LogP contribution in [-0.2, 0) is 20.7 Å². The summed E-state index contributed by atoms with van der Waals surface area (Å²) < 4.78 is 5.00. The predicted octanol–water partition coefficient (Wildman–Crippen LogP) is 3.68. The topological polar surface area (TPSA) is 55.4 Å². The van der Waals surface area contributed by atoms with Crippen LogP contribution in [0.5, 0.6) is 0 Å². The van der Waals surface area contributed by atoms with Crippen LogP contribution in [0.1, 0.15) is 16.7 Å². The third-order valence-corrected chi connectivity index (χ3v) is 3.54. The maximum absolute atomic E-state index is 11.8. The number of carbonyl (C=O) groups excluding carboxylic acids is 2. The zero-order chi connectivity index (χ0) is 16.8. The quantitative estimate of drug-likeness (QED) is 0.850. The predicted molar refractivity (Wildman–Crippen MR) is 90.7 cm³/mol. The van der Waals surface area contributed by atoms with Crippen molar-refractivity contribution < 1.29 is 14.3 Å². The van der Waals surface area contributed by atoms with Gasteiger partial charge < -0.3 is 10.1 Å². The SMILES string of the molecule is Cc1ccc(CC(=O)OCC(=O)Nc2cc(Cl)ccc2C)cc1. The summed E-state index contributed by atoms with van der Waals surface area (Å²) in [7, 11) is 0. The number of hydrogen-bond acceptors (Lipinski definition) is 3. The highest BCUT2D eigenvalue weighted by molar-refractivity contribution is 6.31. The van der Waals surface area contributed by atoms with Gasteiger partial charge in [0.15, 0.2) is 6.61 Å². The Kier molecular flexibility index (Phi) is 5.77. The second-order valence-electron chi connectivity index (χ2n) is 5.33. The van der Waals surface area contributed by atoms with Crippen LogP contribution in [0.2, 0.25) is 5.02 Å². The Morgan fingerprint density at radius 2 is 1.78 bits per heavy atom. The normalized spacial score (nSPS) is 10.2. The van der Waals surface area contributed by atoms with Crippen molar-refractivity contribution in [3.05, 3.63) is 64.2 Å². The molecule has 0 aromatic heterocycles. The van der Waals surface area contributed by atoms with Crippen molar-refractivity contribution in [3.8, 4) is 0 Å². The molecule has 0 radical (unpaired) electrons. The molecule has 2 aromatic rings. The molecule has 0 heterocycles. The second-order valence-corrected chi connectivity index (χ2v) is 5.77. The van der Waals surface area contributed by atoms with Crippen molar-refractivity contribution in [1.29, 1.82) is 0 Å². The lowest BCUT2D eigenvalue weighted by molar-refractivity contribution is -0.146. The minimum Gasteiger partial charge on any atom is -0.455 e. The average Bonchev–Trinajstić information content (AvgIpc) is 2.51. The Balaban J connectivity index is 1.83. The fraction of sp³-hybridized carbons (Fsp3) is 0.222. The van der Waals surface area contributed by atoms with Gasteiger partial charge in [-0.1, -0.05) is 47.5 Å². The summed E-state index contributed by atoms with van der Waals surface area (Å²) in [5.74, 6) is -0.834. The number of amides is 1. The third kappa shape index (κ3) is 5.42. The Morgan fingerprint density at radius 1 is 1.09 bits per heavy atom. The summed E-state index contributed by atoms with van der Waals surface area (Å²) in [6.07, 6.45) is 0.143. The van der Waals surface area contributed by atoms with Crippen LogP contribution in [0.25, 0.3) is 0 Å². The van der Waals surface area contributed by atoms with Gasteiger partial charge in [0.2, 0.25) is 0 Å². The van der Waals surface area contributed by atoms with Crippen molar-refractivity contribution >= 4 is 29.2 Å². The van der Waals surface area contributed by atoms with Crippen molar-refractivity contribution in [2.45, 2.75) is 20.3 Å². The molecule has 4 nitrogen and oxygen atoms in total. The Hall–Kier alpha value is -2.33. The van der Waals surface area contributed by atoms with E-state index < -0.39 is 11.9 Å². The largest absolute Gasteiger partial charge is 0.455 e. The Morgan fingerprint density at radius 3 is 2.48 bits per heavy atom. The standard InChI is InChI=1S/C18H18ClNO3/c1-12-3-6-14(7-4-12)9-18(22)23-11-17(21)20-16-10-15(19)8-5-13(16)2/h3-8,10H,9,11H2,1-2H3,(H,20,21). The van der Waals surface area contributed by atoms with E-state index in [-0.39, 0.29) is 13.0 Å². The van der Waals surface area contributed by atoms with Crippen molar-refractivity contribution in [2.75, 3.05) is 11.9 Å². The van der Waals surface area contributed by atoms with Crippen LogP contribution in [0.4, 0.5) is 5.69 Å². The summed E-state index contributed by atoms with van der Waals surface area (Å²) in [6, 6.07) is 12.8. The van der Waals surface area contributed by atoms with Gasteiger partial charge in [-0.15, -0.1) is 0 Å². The molecule has 5 heteroatoms. The molecular weight excluding hydrogens is 314 g/mol. The van der Waals surface area contributed by atoms with E-state index in [2.05, 4.69) is 5.32 Å². The lowest BCUT2D eigenvalue weighted by Crippen LogP contribution is -2.22. The highest BCUT2D eigenvalue weighted by Gasteiger charge is 2.10. The summed E-state index contributed by atoms with van der Waals surface area (Å²) >= 11 is 5.89. The van der Waals surface area contributed by atoms with Crippen LogP contribution in [0, 0.1) is 13.8 Å². The van der Waals surface area contributed by atoms with E-state index in [1.54, 1.807) is 18.2 Å². The summed E-state index contributed by atoms with van der Waals surface area (Å²) in [5, 5.41) is 3.21. The molecule has 0 aliphatic rings. The Labute approximate surface area is 140 Å². The molecule has 1 amide bonds. The number of esters is 1. The van der Waals surface area contributed by atoms with Gasteiger partial charge in [-0.05, 0) is 37.1 Å². The van der Waals surface area contributed by atoms with Crippen LogP contribution >= 0.6 is 11.6 Å². The molecule has 0 aliphatic carbocycles. The molecule has 0 atom stereocenters. The van der Waals surface area contributed by atoms with Gasteiger partial charge in [-0.2, -0.15) is 0 Å². The number of anilines is 1. The molecular formula is C18H18ClNO3. The molecule has 0 fully saturated rings.